The molecule has 0 amide bonds. The first-order chi connectivity index (χ1) is 15.4. The molecule has 1 fully saturated rings. The average Bonchev–Trinajstić information content (AvgIpc) is 3.33. The maximum atomic E-state index is 13.7. The van der Waals surface area contributed by atoms with Crippen LogP contribution in [0.4, 0.5) is 16.0 Å². The second kappa shape index (κ2) is 8.04. The van der Waals surface area contributed by atoms with Gasteiger partial charge in [0.15, 0.2) is 11.6 Å². The standard InChI is InChI=1S/C25H29FN6/c1-3-19-16(10-15-4-5-17-12-21(26)24(28)31-22(17)11-15)6-7-18(19)13-32-9-8-20-23(27)29-14(2)30-25(20)32/h4-5,8-9,11-12,16,18-19H,3,6-7,10,13H2,1-2H3,(H2,28,31)(H2,27,29,30). The number of halogens is 1. The van der Waals surface area contributed by atoms with Crippen LogP contribution in [0, 0.1) is 30.5 Å². The van der Waals surface area contributed by atoms with Crippen LogP contribution in [0.5, 0.6) is 0 Å². The second-order valence-corrected chi connectivity index (χ2v) is 9.12. The molecule has 1 aliphatic rings. The van der Waals surface area contributed by atoms with Crippen LogP contribution < -0.4 is 11.5 Å². The van der Waals surface area contributed by atoms with Gasteiger partial charge in [0.25, 0.3) is 0 Å². The molecule has 5 rings (SSSR count). The zero-order valence-corrected chi connectivity index (χ0v) is 18.6. The number of nitrogens with zero attached hydrogens (tertiary/aromatic N) is 4. The summed E-state index contributed by atoms with van der Waals surface area (Å²) in [4.78, 5) is 13.2. The van der Waals surface area contributed by atoms with Crippen molar-refractivity contribution in [2.45, 2.75) is 46.1 Å². The lowest BCUT2D eigenvalue weighted by Crippen LogP contribution is -2.20. The molecule has 0 saturated heterocycles. The molecule has 6 nitrogen and oxygen atoms in total. The molecule has 1 aromatic carbocycles. The monoisotopic (exact) mass is 432 g/mol. The molecule has 166 valence electrons. The average molecular weight is 433 g/mol. The van der Waals surface area contributed by atoms with Gasteiger partial charge in [-0.05, 0) is 67.7 Å². The van der Waals surface area contributed by atoms with Gasteiger partial charge in [-0.1, -0.05) is 25.5 Å². The number of aromatic nitrogens is 4. The smallest absolute Gasteiger partial charge is 0.165 e. The van der Waals surface area contributed by atoms with Crippen molar-refractivity contribution in [3.8, 4) is 0 Å². The Morgan fingerprint density at radius 2 is 1.84 bits per heavy atom. The van der Waals surface area contributed by atoms with E-state index in [1.165, 1.54) is 24.5 Å². The molecule has 4 aromatic rings. The van der Waals surface area contributed by atoms with E-state index in [4.69, 9.17) is 11.5 Å². The number of benzene rings is 1. The molecule has 3 atom stereocenters. The van der Waals surface area contributed by atoms with Gasteiger partial charge in [-0.15, -0.1) is 0 Å². The van der Waals surface area contributed by atoms with Gasteiger partial charge in [0.2, 0.25) is 0 Å². The van der Waals surface area contributed by atoms with Crippen molar-refractivity contribution < 1.29 is 4.39 Å². The number of fused-ring (bicyclic) bond motifs is 2. The Balaban J connectivity index is 1.35. The Labute approximate surface area is 186 Å². The first kappa shape index (κ1) is 20.7. The fraction of sp³-hybridized carbons (Fsp3) is 0.400. The summed E-state index contributed by atoms with van der Waals surface area (Å²) in [5.74, 6) is 2.60. The van der Waals surface area contributed by atoms with Crippen molar-refractivity contribution in [3.63, 3.8) is 0 Å². The van der Waals surface area contributed by atoms with Crippen molar-refractivity contribution in [2.24, 2.45) is 17.8 Å². The number of anilines is 2. The fourth-order valence-corrected chi connectivity index (χ4v) is 5.62. The van der Waals surface area contributed by atoms with Gasteiger partial charge >= 0.3 is 0 Å². The van der Waals surface area contributed by atoms with Crippen LogP contribution in [0.3, 0.4) is 0 Å². The summed E-state index contributed by atoms with van der Waals surface area (Å²) >= 11 is 0. The largest absolute Gasteiger partial charge is 0.383 e. The van der Waals surface area contributed by atoms with Gasteiger partial charge in [-0.25, -0.2) is 19.3 Å². The highest BCUT2D eigenvalue weighted by Crippen LogP contribution is 2.42. The highest BCUT2D eigenvalue weighted by Gasteiger charge is 2.35. The van der Waals surface area contributed by atoms with Crippen molar-refractivity contribution in [1.82, 2.24) is 19.5 Å². The maximum Gasteiger partial charge on any atom is 0.165 e. The molecule has 7 heteroatoms. The Morgan fingerprint density at radius 1 is 1.03 bits per heavy atom. The van der Waals surface area contributed by atoms with Crippen LogP contribution in [0.1, 0.15) is 37.6 Å². The van der Waals surface area contributed by atoms with E-state index in [2.05, 4.69) is 44.8 Å². The summed E-state index contributed by atoms with van der Waals surface area (Å²) in [6.07, 6.45) is 6.65. The van der Waals surface area contributed by atoms with E-state index in [1.54, 1.807) is 0 Å². The number of nitrogen functional groups attached to an aromatic ring is 2. The molecule has 3 unspecified atom stereocenters. The molecule has 1 aliphatic carbocycles. The normalized spacial score (nSPS) is 21.0. The Hall–Kier alpha value is -3.22. The van der Waals surface area contributed by atoms with E-state index in [0.717, 1.165) is 41.3 Å². The van der Waals surface area contributed by atoms with Crippen molar-refractivity contribution in [2.75, 3.05) is 11.5 Å². The Kier molecular flexibility index (Phi) is 5.19. The summed E-state index contributed by atoms with van der Waals surface area (Å²) in [6.45, 7) is 5.12. The van der Waals surface area contributed by atoms with E-state index in [9.17, 15) is 4.39 Å². The van der Waals surface area contributed by atoms with Crippen molar-refractivity contribution in [3.05, 3.63) is 53.7 Å². The molecule has 1 saturated carbocycles. The van der Waals surface area contributed by atoms with Gasteiger partial charge in [-0.2, -0.15) is 0 Å². The second-order valence-electron chi connectivity index (χ2n) is 9.12. The molecular formula is C25H29FN6. The predicted molar refractivity (Wildman–Crippen MR) is 126 cm³/mol. The van der Waals surface area contributed by atoms with Crippen LogP contribution in [0.15, 0.2) is 36.5 Å². The van der Waals surface area contributed by atoms with Crippen LogP contribution in [-0.2, 0) is 13.0 Å². The zero-order valence-electron chi connectivity index (χ0n) is 18.6. The van der Waals surface area contributed by atoms with Crippen LogP contribution in [0.25, 0.3) is 21.9 Å². The quantitative estimate of drug-likeness (QED) is 0.468. The van der Waals surface area contributed by atoms with Crippen LogP contribution in [0.2, 0.25) is 0 Å². The molecule has 0 bridgehead atoms. The predicted octanol–water partition coefficient (Wildman–Crippen LogP) is 4.89. The van der Waals surface area contributed by atoms with E-state index in [-0.39, 0.29) is 5.82 Å². The molecule has 0 aliphatic heterocycles. The van der Waals surface area contributed by atoms with Crippen LogP contribution >= 0.6 is 0 Å². The number of hydrogen-bond donors (Lipinski definition) is 2. The molecule has 3 aromatic heterocycles. The van der Waals surface area contributed by atoms with Gasteiger partial charge in [0.05, 0.1) is 10.9 Å². The number of hydrogen-bond acceptors (Lipinski definition) is 5. The first-order valence-electron chi connectivity index (χ1n) is 11.4. The van der Waals surface area contributed by atoms with Gasteiger partial charge in [0.1, 0.15) is 17.3 Å². The van der Waals surface area contributed by atoms with Crippen molar-refractivity contribution >= 4 is 33.6 Å². The number of aryl methyl sites for hydroxylation is 1. The van der Waals surface area contributed by atoms with Gasteiger partial charge in [-0.3, -0.25) is 0 Å². The van der Waals surface area contributed by atoms with E-state index in [0.29, 0.717) is 29.4 Å². The topological polar surface area (TPSA) is 95.6 Å². The summed E-state index contributed by atoms with van der Waals surface area (Å²) in [5.41, 5.74) is 14.7. The Bertz CT molecular complexity index is 1300. The molecule has 0 spiro atoms. The lowest BCUT2D eigenvalue weighted by Gasteiger charge is -2.24. The summed E-state index contributed by atoms with van der Waals surface area (Å²) in [7, 11) is 0. The molecular weight excluding hydrogens is 403 g/mol. The third kappa shape index (κ3) is 3.66. The number of nitrogens with two attached hydrogens (primary N) is 2. The fourth-order valence-electron chi connectivity index (χ4n) is 5.62. The van der Waals surface area contributed by atoms with E-state index >= 15 is 0 Å². The zero-order chi connectivity index (χ0) is 22.4. The highest BCUT2D eigenvalue weighted by atomic mass is 19.1. The SMILES string of the molecule is CCC1C(Cc2ccc3cc(F)c(N)nc3c2)CCC1Cn1ccc2c(N)nc(C)nc21. The summed E-state index contributed by atoms with van der Waals surface area (Å²) in [6, 6.07) is 9.59. The van der Waals surface area contributed by atoms with E-state index < -0.39 is 5.82 Å². The molecule has 32 heavy (non-hydrogen) atoms. The third-order valence-electron chi connectivity index (χ3n) is 7.14. The molecule has 3 heterocycles. The number of pyridine rings is 1. The minimum absolute atomic E-state index is 0.0411. The summed E-state index contributed by atoms with van der Waals surface area (Å²) < 4.78 is 16.0. The van der Waals surface area contributed by atoms with E-state index in [1.807, 2.05) is 19.1 Å². The van der Waals surface area contributed by atoms with Gasteiger partial charge < -0.3 is 16.0 Å². The maximum absolute atomic E-state index is 13.7. The van der Waals surface area contributed by atoms with Crippen LogP contribution in [-0.4, -0.2) is 19.5 Å². The highest BCUT2D eigenvalue weighted by molar-refractivity contribution is 5.86. The molecule has 0 radical (unpaired) electrons. The van der Waals surface area contributed by atoms with Gasteiger partial charge in [0, 0.05) is 18.1 Å². The lowest BCUT2D eigenvalue weighted by molar-refractivity contribution is 0.276. The third-order valence-corrected chi connectivity index (χ3v) is 7.14. The summed E-state index contributed by atoms with van der Waals surface area (Å²) in [5, 5.41) is 1.71. The Morgan fingerprint density at radius 3 is 2.66 bits per heavy atom. The lowest BCUT2D eigenvalue weighted by atomic mass is 9.83. The first-order valence-corrected chi connectivity index (χ1v) is 11.4. The minimum atomic E-state index is -0.463. The minimum Gasteiger partial charge on any atom is -0.383 e. The van der Waals surface area contributed by atoms with Crippen molar-refractivity contribution in [1.29, 1.82) is 0 Å². The molecule has 4 N–H and O–H groups in total. The number of rotatable bonds is 5.